The van der Waals surface area contributed by atoms with Gasteiger partial charge >= 0.3 is 18.3 Å². The molecule has 0 bridgehead atoms. The van der Waals surface area contributed by atoms with Crippen LogP contribution in [-0.4, -0.2) is 80.4 Å². The fourth-order valence-corrected chi connectivity index (χ4v) is 1.88. The number of hydrogen-bond acceptors (Lipinski definition) is 4. The van der Waals surface area contributed by atoms with Gasteiger partial charge < -0.3 is 14.6 Å². The highest BCUT2D eigenvalue weighted by Crippen LogP contribution is 2.41. The van der Waals surface area contributed by atoms with Crippen LogP contribution in [0.5, 0.6) is 0 Å². The van der Waals surface area contributed by atoms with Gasteiger partial charge in [-0.3, -0.25) is 4.90 Å². The second kappa shape index (κ2) is 8.32. The summed E-state index contributed by atoms with van der Waals surface area (Å²) in [5.74, 6) is -10.3. The largest absolute Gasteiger partial charge is 0.389 e. The van der Waals surface area contributed by atoms with Crippen LogP contribution in [0.1, 0.15) is 6.42 Å². The maximum Gasteiger partial charge on any atom is 0.369 e. The van der Waals surface area contributed by atoms with E-state index >= 15 is 0 Å². The van der Waals surface area contributed by atoms with Crippen LogP contribution in [-0.2, 0) is 9.47 Å². The summed E-state index contributed by atoms with van der Waals surface area (Å²) >= 11 is 0. The molecule has 1 atom stereocenters. The van der Waals surface area contributed by atoms with Crippen LogP contribution in [0, 0.1) is 0 Å². The van der Waals surface area contributed by atoms with E-state index in [0.717, 1.165) is 0 Å². The summed E-state index contributed by atoms with van der Waals surface area (Å²) in [6.45, 7) is 1.28. The van der Waals surface area contributed by atoms with Gasteiger partial charge in [-0.05, 0) is 0 Å². The quantitative estimate of drug-likeness (QED) is 0.512. The smallest absolute Gasteiger partial charge is 0.369 e. The Hall–Kier alpha value is -0.580. The number of nitrogens with zero attached hydrogens (tertiary/aromatic N) is 1. The zero-order valence-electron chi connectivity index (χ0n) is 11.8. The number of alkyl halides is 6. The van der Waals surface area contributed by atoms with Gasteiger partial charge in [0, 0.05) is 26.1 Å². The van der Waals surface area contributed by atoms with Gasteiger partial charge in [-0.2, -0.15) is 17.6 Å². The monoisotopic (exact) mass is 339 g/mol. The molecule has 0 radical (unpaired) electrons. The van der Waals surface area contributed by atoms with E-state index in [9.17, 15) is 31.4 Å². The lowest BCUT2D eigenvalue weighted by Gasteiger charge is -2.28. The first-order valence-corrected chi connectivity index (χ1v) is 6.76. The molecule has 1 aliphatic heterocycles. The Labute approximate surface area is 124 Å². The number of β-amino-alcohol motifs (C(OH)–C–C–N with tert-alkyl or cyclic N) is 1. The maximum atomic E-state index is 13.0. The fraction of sp³-hybridized carbons (Fsp3) is 1.00. The van der Waals surface area contributed by atoms with Gasteiger partial charge in [0.1, 0.15) is 0 Å². The molecule has 0 aromatic rings. The molecule has 0 saturated carbocycles. The number of aliphatic hydroxyl groups is 1. The third-order valence-corrected chi connectivity index (χ3v) is 3.20. The normalized spacial score (nSPS) is 19.6. The molecule has 0 aromatic heterocycles. The Balaban J connectivity index is 2.23. The first-order valence-electron chi connectivity index (χ1n) is 6.76. The predicted octanol–water partition coefficient (Wildman–Crippen LogP) is 1.62. The number of aliphatic hydroxyl groups excluding tert-OH is 1. The average Bonchev–Trinajstić information content (AvgIpc) is 2.44. The van der Waals surface area contributed by atoms with E-state index in [-0.39, 0.29) is 13.2 Å². The topological polar surface area (TPSA) is 41.9 Å². The number of halogens is 6. The Morgan fingerprint density at radius 3 is 2.27 bits per heavy atom. The summed E-state index contributed by atoms with van der Waals surface area (Å²) in [6.07, 6.45) is -6.98. The van der Waals surface area contributed by atoms with Gasteiger partial charge in [-0.15, -0.1) is 0 Å². The van der Waals surface area contributed by atoms with Crippen molar-refractivity contribution in [3.63, 3.8) is 0 Å². The molecule has 10 heteroatoms. The maximum absolute atomic E-state index is 13.0. The molecule has 1 rings (SSSR count). The van der Waals surface area contributed by atoms with Gasteiger partial charge in [0.05, 0.1) is 32.5 Å². The van der Waals surface area contributed by atoms with Gasteiger partial charge in [-0.25, -0.2) is 8.78 Å². The fourth-order valence-electron chi connectivity index (χ4n) is 1.88. The predicted molar refractivity (Wildman–Crippen MR) is 64.6 cm³/mol. The third-order valence-electron chi connectivity index (χ3n) is 3.20. The lowest BCUT2D eigenvalue weighted by atomic mass is 10.1. The van der Waals surface area contributed by atoms with Crippen molar-refractivity contribution >= 4 is 0 Å². The van der Waals surface area contributed by atoms with Crippen molar-refractivity contribution in [1.29, 1.82) is 0 Å². The second-order valence-corrected chi connectivity index (χ2v) is 5.02. The van der Waals surface area contributed by atoms with E-state index in [2.05, 4.69) is 4.74 Å². The summed E-state index contributed by atoms with van der Waals surface area (Å²) in [4.78, 5) is 1.87. The molecular weight excluding hydrogens is 320 g/mol. The summed E-state index contributed by atoms with van der Waals surface area (Å²) in [6, 6.07) is 0. The molecule has 1 saturated heterocycles. The summed E-state index contributed by atoms with van der Waals surface area (Å²) < 4.78 is 84.6. The van der Waals surface area contributed by atoms with E-state index in [4.69, 9.17) is 4.74 Å². The Morgan fingerprint density at radius 2 is 1.73 bits per heavy atom. The van der Waals surface area contributed by atoms with Crippen molar-refractivity contribution in [2.75, 3.05) is 46.1 Å². The van der Waals surface area contributed by atoms with Crippen LogP contribution in [0.2, 0.25) is 0 Å². The molecule has 0 spiro atoms. The van der Waals surface area contributed by atoms with E-state index in [1.807, 2.05) is 4.90 Å². The van der Waals surface area contributed by atoms with Crippen LogP contribution >= 0.6 is 0 Å². The number of hydrogen-bond donors (Lipinski definition) is 1. The van der Waals surface area contributed by atoms with Crippen LogP contribution < -0.4 is 0 Å². The molecule has 1 heterocycles. The molecule has 0 amide bonds. The third kappa shape index (κ3) is 5.56. The first-order chi connectivity index (χ1) is 10.2. The lowest BCUT2D eigenvalue weighted by molar-refractivity contribution is -0.268. The summed E-state index contributed by atoms with van der Waals surface area (Å²) in [5, 5.41) is 9.62. The van der Waals surface area contributed by atoms with Crippen molar-refractivity contribution in [3.8, 4) is 0 Å². The minimum Gasteiger partial charge on any atom is -0.389 e. The molecule has 1 unspecified atom stereocenters. The van der Waals surface area contributed by atoms with E-state index < -0.39 is 37.4 Å². The highest BCUT2D eigenvalue weighted by atomic mass is 19.3. The first kappa shape index (κ1) is 19.5. The summed E-state index contributed by atoms with van der Waals surface area (Å²) in [7, 11) is 0. The molecule has 1 fully saturated rings. The van der Waals surface area contributed by atoms with Crippen molar-refractivity contribution in [3.05, 3.63) is 0 Å². The van der Waals surface area contributed by atoms with E-state index in [1.165, 1.54) is 0 Å². The zero-order valence-corrected chi connectivity index (χ0v) is 11.8. The number of ether oxygens (including phenoxy) is 2. The van der Waals surface area contributed by atoms with Crippen LogP contribution in [0.25, 0.3) is 0 Å². The highest BCUT2D eigenvalue weighted by Gasteiger charge is 2.62. The standard InChI is InChI=1S/C12H19F6NO3/c13-10(14)12(17,18)11(15,16)1-4-22-8-9(20)7-19-2-5-21-6-3-19/h9-10,20H,1-8H2. The van der Waals surface area contributed by atoms with E-state index in [0.29, 0.717) is 26.3 Å². The highest BCUT2D eigenvalue weighted by molar-refractivity contribution is 4.86. The molecule has 4 nitrogen and oxygen atoms in total. The van der Waals surface area contributed by atoms with Gasteiger partial charge in [0.15, 0.2) is 0 Å². The van der Waals surface area contributed by atoms with Crippen molar-refractivity contribution in [2.45, 2.75) is 30.8 Å². The van der Waals surface area contributed by atoms with Crippen LogP contribution in [0.4, 0.5) is 26.3 Å². The number of rotatable bonds is 9. The van der Waals surface area contributed by atoms with Crippen molar-refractivity contribution in [2.24, 2.45) is 0 Å². The van der Waals surface area contributed by atoms with Gasteiger partial charge in [-0.1, -0.05) is 0 Å². The lowest BCUT2D eigenvalue weighted by Crippen LogP contribution is -2.47. The molecule has 0 aliphatic carbocycles. The summed E-state index contributed by atoms with van der Waals surface area (Å²) in [5.41, 5.74) is 0. The Kier molecular flexibility index (Phi) is 7.36. The van der Waals surface area contributed by atoms with Crippen LogP contribution in [0.3, 0.4) is 0 Å². The molecular formula is C12H19F6NO3. The Bertz CT molecular complexity index is 326. The SMILES string of the molecule is OC(COCCC(F)(F)C(F)(F)C(F)F)CN1CCOCC1. The average molecular weight is 339 g/mol. The van der Waals surface area contributed by atoms with Crippen LogP contribution in [0.15, 0.2) is 0 Å². The number of morpholine rings is 1. The molecule has 0 aromatic carbocycles. The molecule has 132 valence electrons. The van der Waals surface area contributed by atoms with Gasteiger partial charge in [0.2, 0.25) is 0 Å². The zero-order chi connectivity index (χ0) is 16.8. The molecule has 1 N–H and O–H groups in total. The minimum absolute atomic E-state index is 0.229. The minimum atomic E-state index is -5.40. The van der Waals surface area contributed by atoms with Crippen molar-refractivity contribution < 1.29 is 40.9 Å². The Morgan fingerprint density at radius 1 is 1.14 bits per heavy atom. The van der Waals surface area contributed by atoms with Crippen molar-refractivity contribution in [1.82, 2.24) is 4.90 Å². The second-order valence-electron chi connectivity index (χ2n) is 5.02. The molecule has 22 heavy (non-hydrogen) atoms. The molecule has 1 aliphatic rings. The van der Waals surface area contributed by atoms with Gasteiger partial charge in [0.25, 0.3) is 0 Å². The van der Waals surface area contributed by atoms with E-state index in [1.54, 1.807) is 0 Å².